The molecule has 0 aromatic heterocycles. The van der Waals surface area contributed by atoms with E-state index < -0.39 is 0 Å². The zero-order chi connectivity index (χ0) is 13.9. The fourth-order valence-corrected chi connectivity index (χ4v) is 2.97. The van der Waals surface area contributed by atoms with E-state index >= 15 is 0 Å². The Morgan fingerprint density at radius 1 is 1.16 bits per heavy atom. The Bertz CT molecular complexity index is 398. The van der Waals surface area contributed by atoms with Gasteiger partial charge in [-0.1, -0.05) is 31.9 Å². The van der Waals surface area contributed by atoms with E-state index in [0.717, 1.165) is 24.5 Å². The van der Waals surface area contributed by atoms with Gasteiger partial charge in [0.1, 0.15) is 5.75 Å². The number of rotatable bonds is 3. The molecule has 0 heterocycles. The molecule has 0 radical (unpaired) electrons. The lowest BCUT2D eigenvalue weighted by atomic mass is 9.83. The zero-order valence-corrected chi connectivity index (χ0v) is 12.5. The van der Waals surface area contributed by atoms with Gasteiger partial charge in [-0.2, -0.15) is 0 Å². The maximum Gasteiger partial charge on any atom is 0.119 e. The molecule has 0 bridgehead atoms. The number of benzene rings is 1. The molecule has 2 atom stereocenters. The van der Waals surface area contributed by atoms with E-state index in [0.29, 0.717) is 0 Å². The van der Waals surface area contributed by atoms with Crippen LogP contribution in [0.1, 0.15) is 58.4 Å². The SMILES string of the molecule is CC1CCCC(N)(c2ccc(OC(C)C)cc2)CC1. The number of ether oxygens (including phenoxy) is 1. The lowest BCUT2D eigenvalue weighted by Crippen LogP contribution is -2.36. The summed E-state index contributed by atoms with van der Waals surface area (Å²) in [7, 11) is 0. The fourth-order valence-electron chi connectivity index (χ4n) is 2.97. The first-order valence-electron chi connectivity index (χ1n) is 7.56. The minimum Gasteiger partial charge on any atom is -0.491 e. The first-order chi connectivity index (χ1) is 8.99. The van der Waals surface area contributed by atoms with Gasteiger partial charge in [-0.15, -0.1) is 0 Å². The molecule has 0 amide bonds. The van der Waals surface area contributed by atoms with E-state index in [2.05, 4.69) is 31.2 Å². The Kier molecular flexibility index (Phi) is 4.51. The smallest absolute Gasteiger partial charge is 0.119 e. The molecule has 1 fully saturated rings. The van der Waals surface area contributed by atoms with Crippen LogP contribution in [0.5, 0.6) is 5.75 Å². The van der Waals surface area contributed by atoms with Gasteiger partial charge in [-0.3, -0.25) is 0 Å². The second-order valence-electron chi connectivity index (χ2n) is 6.38. The molecular formula is C17H27NO. The highest BCUT2D eigenvalue weighted by Crippen LogP contribution is 2.36. The average molecular weight is 261 g/mol. The summed E-state index contributed by atoms with van der Waals surface area (Å²) in [5.41, 5.74) is 7.78. The summed E-state index contributed by atoms with van der Waals surface area (Å²) >= 11 is 0. The minimum absolute atomic E-state index is 0.138. The summed E-state index contributed by atoms with van der Waals surface area (Å²) < 4.78 is 5.69. The van der Waals surface area contributed by atoms with Crippen molar-refractivity contribution in [3.63, 3.8) is 0 Å². The molecule has 1 aromatic rings. The number of hydrogen-bond acceptors (Lipinski definition) is 2. The van der Waals surface area contributed by atoms with Gasteiger partial charge in [0.15, 0.2) is 0 Å². The van der Waals surface area contributed by atoms with Crippen LogP contribution in [0.2, 0.25) is 0 Å². The maximum atomic E-state index is 6.65. The molecule has 2 rings (SSSR count). The van der Waals surface area contributed by atoms with Crippen LogP contribution in [0.3, 0.4) is 0 Å². The summed E-state index contributed by atoms with van der Waals surface area (Å²) in [6.07, 6.45) is 6.20. The second kappa shape index (κ2) is 5.96. The third-order valence-corrected chi connectivity index (χ3v) is 4.20. The van der Waals surface area contributed by atoms with Gasteiger partial charge in [0.25, 0.3) is 0 Å². The summed E-state index contributed by atoms with van der Waals surface area (Å²) in [6.45, 7) is 6.43. The number of hydrogen-bond donors (Lipinski definition) is 1. The van der Waals surface area contributed by atoms with Crippen molar-refractivity contribution >= 4 is 0 Å². The summed E-state index contributed by atoms with van der Waals surface area (Å²) in [5, 5.41) is 0. The zero-order valence-electron chi connectivity index (χ0n) is 12.5. The van der Waals surface area contributed by atoms with Crippen molar-refractivity contribution in [3.05, 3.63) is 29.8 Å². The van der Waals surface area contributed by atoms with Gasteiger partial charge in [-0.25, -0.2) is 0 Å². The largest absolute Gasteiger partial charge is 0.491 e. The summed E-state index contributed by atoms with van der Waals surface area (Å²) in [4.78, 5) is 0. The third-order valence-electron chi connectivity index (χ3n) is 4.20. The molecule has 2 nitrogen and oxygen atoms in total. The molecule has 2 unspecified atom stereocenters. The molecule has 106 valence electrons. The van der Waals surface area contributed by atoms with Gasteiger partial charge in [0.05, 0.1) is 6.10 Å². The molecule has 1 aromatic carbocycles. The summed E-state index contributed by atoms with van der Waals surface area (Å²) in [5.74, 6) is 1.75. The molecule has 0 spiro atoms. The molecule has 1 aliphatic rings. The van der Waals surface area contributed by atoms with Crippen molar-refractivity contribution in [2.75, 3.05) is 0 Å². The van der Waals surface area contributed by atoms with Crippen LogP contribution in [0.15, 0.2) is 24.3 Å². The van der Waals surface area contributed by atoms with Crippen LogP contribution in [-0.4, -0.2) is 6.10 Å². The molecule has 2 N–H and O–H groups in total. The first-order valence-corrected chi connectivity index (χ1v) is 7.56. The van der Waals surface area contributed by atoms with Gasteiger partial charge < -0.3 is 10.5 Å². The van der Waals surface area contributed by atoms with Crippen molar-refractivity contribution in [2.45, 2.75) is 64.5 Å². The molecule has 2 heteroatoms. The Morgan fingerprint density at radius 2 is 1.84 bits per heavy atom. The maximum absolute atomic E-state index is 6.65. The van der Waals surface area contributed by atoms with Crippen LogP contribution >= 0.6 is 0 Å². The molecule has 1 saturated carbocycles. The molecule has 19 heavy (non-hydrogen) atoms. The van der Waals surface area contributed by atoms with E-state index in [1.54, 1.807) is 0 Å². The molecule has 0 aliphatic heterocycles. The highest BCUT2D eigenvalue weighted by molar-refractivity contribution is 5.32. The van der Waals surface area contributed by atoms with Crippen LogP contribution in [0, 0.1) is 5.92 Å². The second-order valence-corrected chi connectivity index (χ2v) is 6.38. The predicted molar refractivity (Wildman–Crippen MR) is 80.3 cm³/mol. The monoisotopic (exact) mass is 261 g/mol. The predicted octanol–water partition coefficient (Wildman–Crippen LogP) is 4.23. The topological polar surface area (TPSA) is 35.2 Å². The van der Waals surface area contributed by atoms with Gasteiger partial charge in [0.2, 0.25) is 0 Å². The van der Waals surface area contributed by atoms with Crippen molar-refractivity contribution in [1.82, 2.24) is 0 Å². The van der Waals surface area contributed by atoms with Crippen LogP contribution in [-0.2, 0) is 5.54 Å². The number of nitrogens with two attached hydrogens (primary N) is 1. The van der Waals surface area contributed by atoms with Crippen molar-refractivity contribution in [1.29, 1.82) is 0 Å². The van der Waals surface area contributed by atoms with Crippen molar-refractivity contribution in [3.8, 4) is 5.75 Å². The first kappa shape index (κ1) is 14.4. The standard InChI is InChI=1S/C17H27NO/c1-13(2)19-16-8-6-15(7-9-16)17(18)11-4-5-14(3)10-12-17/h6-9,13-14H,4-5,10-12,18H2,1-3H3. The fraction of sp³-hybridized carbons (Fsp3) is 0.647. The van der Waals surface area contributed by atoms with E-state index in [-0.39, 0.29) is 11.6 Å². The highest BCUT2D eigenvalue weighted by Gasteiger charge is 2.29. The normalized spacial score (nSPS) is 28.2. The Hall–Kier alpha value is -1.02. The molecule has 1 aliphatic carbocycles. The molecule has 0 saturated heterocycles. The van der Waals surface area contributed by atoms with Crippen molar-refractivity contribution in [2.24, 2.45) is 11.7 Å². The lowest BCUT2D eigenvalue weighted by Gasteiger charge is -2.29. The van der Waals surface area contributed by atoms with Crippen LogP contribution in [0.25, 0.3) is 0 Å². The van der Waals surface area contributed by atoms with E-state index in [4.69, 9.17) is 10.5 Å². The quantitative estimate of drug-likeness (QED) is 0.826. The van der Waals surface area contributed by atoms with Crippen LogP contribution < -0.4 is 10.5 Å². The molecular weight excluding hydrogens is 234 g/mol. The average Bonchev–Trinajstić information content (AvgIpc) is 2.53. The van der Waals surface area contributed by atoms with Gasteiger partial charge in [-0.05, 0) is 56.7 Å². The summed E-state index contributed by atoms with van der Waals surface area (Å²) in [6, 6.07) is 8.40. The Labute approximate surface area is 117 Å². The minimum atomic E-state index is -0.138. The Balaban J connectivity index is 2.11. The van der Waals surface area contributed by atoms with Crippen LogP contribution in [0.4, 0.5) is 0 Å². The van der Waals surface area contributed by atoms with E-state index in [9.17, 15) is 0 Å². The van der Waals surface area contributed by atoms with Crippen molar-refractivity contribution < 1.29 is 4.74 Å². The third kappa shape index (κ3) is 3.73. The Morgan fingerprint density at radius 3 is 2.47 bits per heavy atom. The van der Waals surface area contributed by atoms with E-state index in [1.807, 2.05) is 13.8 Å². The van der Waals surface area contributed by atoms with Gasteiger partial charge >= 0.3 is 0 Å². The lowest BCUT2D eigenvalue weighted by molar-refractivity contribution is 0.242. The highest BCUT2D eigenvalue weighted by atomic mass is 16.5. The van der Waals surface area contributed by atoms with E-state index in [1.165, 1.54) is 24.8 Å². The van der Waals surface area contributed by atoms with Gasteiger partial charge in [0, 0.05) is 5.54 Å².